The first-order valence-corrected chi connectivity index (χ1v) is 16.4. The molecule has 51 heavy (non-hydrogen) atoms. The van der Waals surface area contributed by atoms with Crippen LogP contribution in [0.25, 0.3) is 6.08 Å². The Morgan fingerprint density at radius 1 is 1.06 bits per heavy atom. The minimum absolute atomic E-state index is 0.00489. The lowest BCUT2D eigenvalue weighted by molar-refractivity contribution is -0.182. The molecule has 0 aliphatic carbocycles. The van der Waals surface area contributed by atoms with Gasteiger partial charge in [0, 0.05) is 41.3 Å². The fourth-order valence-electron chi connectivity index (χ4n) is 8.27. The maximum absolute atomic E-state index is 13.3. The lowest BCUT2D eigenvalue weighted by Crippen LogP contribution is -2.68. The number of phenols is 1. The standard InChI is InChI=1S/C37H37F3N2O9/c1-17-11-21-13-25-36(46)42-24(30(41(25)4)28(21)31(45)32(17)47-5)14-23-29(35-34(49-16-50-35)18(2)33(23)51-19(3)43)26(42)15-48-27(44)10-9-20-7-6-8-22(12-20)37(38,39)40/h6-12,24-26,30,36,45-46H,13-16H2,1-5H3/b10-9+/t24?,25-,26+,30-,36+/m1/s1. The van der Waals surface area contributed by atoms with Crippen LogP contribution in [-0.2, 0) is 33.3 Å². The van der Waals surface area contributed by atoms with Crippen molar-refractivity contribution in [3.63, 3.8) is 0 Å². The Balaban J connectivity index is 1.33. The third-order valence-corrected chi connectivity index (χ3v) is 10.4. The van der Waals surface area contributed by atoms with Gasteiger partial charge in [-0.2, -0.15) is 13.2 Å². The second kappa shape index (κ2) is 12.8. The van der Waals surface area contributed by atoms with E-state index in [2.05, 4.69) is 0 Å². The van der Waals surface area contributed by atoms with Crippen molar-refractivity contribution < 1.29 is 56.7 Å². The molecule has 4 aliphatic rings. The van der Waals surface area contributed by atoms with Gasteiger partial charge in [0.25, 0.3) is 0 Å². The van der Waals surface area contributed by atoms with E-state index in [0.717, 1.165) is 29.3 Å². The lowest BCUT2D eigenvalue weighted by atomic mass is 9.73. The molecule has 1 unspecified atom stereocenters. The molecule has 1 saturated heterocycles. The van der Waals surface area contributed by atoms with Crippen molar-refractivity contribution in [2.24, 2.45) is 0 Å². The highest BCUT2D eigenvalue weighted by atomic mass is 19.4. The van der Waals surface area contributed by atoms with Gasteiger partial charge in [0.05, 0.1) is 30.8 Å². The average Bonchev–Trinajstić information content (AvgIpc) is 3.57. The molecule has 3 aromatic rings. The molecule has 0 amide bonds. The van der Waals surface area contributed by atoms with Crippen LogP contribution in [0.4, 0.5) is 13.2 Å². The number of fused-ring (bicyclic) bond motifs is 9. The van der Waals surface area contributed by atoms with Crippen LogP contribution in [-0.4, -0.2) is 77.8 Å². The summed E-state index contributed by atoms with van der Waals surface area (Å²) < 4.78 is 68.7. The molecule has 4 aliphatic heterocycles. The summed E-state index contributed by atoms with van der Waals surface area (Å²) in [6.07, 6.45) is -2.73. The van der Waals surface area contributed by atoms with Crippen LogP contribution in [0.15, 0.2) is 36.4 Å². The predicted molar refractivity (Wildman–Crippen MR) is 176 cm³/mol. The van der Waals surface area contributed by atoms with Gasteiger partial charge in [-0.25, -0.2) is 4.79 Å². The minimum Gasteiger partial charge on any atom is -0.504 e. The monoisotopic (exact) mass is 710 g/mol. The molecule has 7 rings (SSSR count). The Morgan fingerprint density at radius 3 is 2.51 bits per heavy atom. The summed E-state index contributed by atoms with van der Waals surface area (Å²) in [5.41, 5.74) is 3.22. The fourth-order valence-corrected chi connectivity index (χ4v) is 8.27. The van der Waals surface area contributed by atoms with Gasteiger partial charge >= 0.3 is 18.1 Å². The molecule has 5 atom stereocenters. The Labute approximate surface area is 291 Å². The Hall–Kier alpha value is -4.79. The van der Waals surface area contributed by atoms with Crippen molar-refractivity contribution >= 4 is 18.0 Å². The molecule has 3 aromatic carbocycles. The molecule has 0 saturated carbocycles. The number of methoxy groups -OCH3 is 1. The van der Waals surface area contributed by atoms with E-state index in [1.54, 1.807) is 6.92 Å². The molecule has 14 heteroatoms. The largest absolute Gasteiger partial charge is 0.504 e. The number of piperazine rings is 1. The Morgan fingerprint density at radius 2 is 1.80 bits per heavy atom. The molecular weight excluding hydrogens is 673 g/mol. The number of halogens is 3. The normalized spacial score (nSPS) is 23.7. The number of aliphatic hydroxyl groups excluding tert-OH is 1. The summed E-state index contributed by atoms with van der Waals surface area (Å²) in [7, 11) is 3.37. The lowest BCUT2D eigenvalue weighted by Gasteiger charge is -2.60. The second-order valence-corrected chi connectivity index (χ2v) is 13.3. The first-order valence-electron chi connectivity index (χ1n) is 16.4. The smallest absolute Gasteiger partial charge is 0.416 e. The van der Waals surface area contributed by atoms with Crippen LogP contribution in [0.3, 0.4) is 0 Å². The zero-order chi connectivity index (χ0) is 36.5. The highest BCUT2D eigenvalue weighted by Crippen LogP contribution is 2.58. The van der Waals surface area contributed by atoms with Crippen LogP contribution >= 0.6 is 0 Å². The first kappa shape index (κ1) is 34.6. The third-order valence-electron chi connectivity index (χ3n) is 10.4. The van der Waals surface area contributed by atoms with Crippen LogP contribution in [0.2, 0.25) is 0 Å². The number of aryl methyl sites for hydroxylation is 1. The summed E-state index contributed by atoms with van der Waals surface area (Å²) in [6.45, 7) is 4.45. The number of carbonyl (C=O) groups excluding carboxylic acids is 2. The number of hydrogen-bond acceptors (Lipinski definition) is 11. The maximum atomic E-state index is 13.3. The van der Waals surface area contributed by atoms with E-state index in [1.807, 2.05) is 29.8 Å². The topological polar surface area (TPSA) is 127 Å². The van der Waals surface area contributed by atoms with Crippen molar-refractivity contribution in [2.45, 2.75) is 70.2 Å². The number of phenolic OH excluding ortho intramolecular Hbond substituents is 1. The summed E-state index contributed by atoms with van der Waals surface area (Å²) in [5, 5.41) is 23.8. The molecule has 270 valence electrons. The van der Waals surface area contributed by atoms with Gasteiger partial charge in [-0.1, -0.05) is 18.2 Å². The molecule has 0 spiro atoms. The van der Waals surface area contributed by atoms with Gasteiger partial charge in [-0.05, 0) is 68.6 Å². The van der Waals surface area contributed by atoms with Crippen LogP contribution in [0, 0.1) is 13.8 Å². The highest BCUT2D eigenvalue weighted by molar-refractivity contribution is 5.87. The van der Waals surface area contributed by atoms with E-state index >= 15 is 0 Å². The van der Waals surface area contributed by atoms with E-state index in [4.69, 9.17) is 23.7 Å². The van der Waals surface area contributed by atoms with Crippen LogP contribution in [0.1, 0.15) is 63.5 Å². The molecule has 4 heterocycles. The quantitative estimate of drug-likeness (QED) is 0.201. The van der Waals surface area contributed by atoms with Crippen molar-refractivity contribution in [3.05, 3.63) is 80.9 Å². The Kier molecular flexibility index (Phi) is 8.67. The van der Waals surface area contributed by atoms with Gasteiger partial charge in [0.15, 0.2) is 23.0 Å². The summed E-state index contributed by atoms with van der Waals surface area (Å²) >= 11 is 0. The van der Waals surface area contributed by atoms with Crippen LogP contribution < -0.4 is 18.9 Å². The molecule has 0 aromatic heterocycles. The number of aliphatic hydroxyl groups is 1. The fraction of sp³-hybridized carbons (Fsp3) is 0.405. The van der Waals surface area contributed by atoms with Crippen molar-refractivity contribution in [3.8, 4) is 28.7 Å². The number of carbonyl (C=O) groups is 2. The zero-order valence-electron chi connectivity index (χ0n) is 28.5. The number of hydrogen-bond donors (Lipinski definition) is 2. The van der Waals surface area contributed by atoms with E-state index in [9.17, 15) is 33.0 Å². The number of benzene rings is 3. The maximum Gasteiger partial charge on any atom is 0.416 e. The van der Waals surface area contributed by atoms with E-state index in [-0.39, 0.29) is 36.9 Å². The zero-order valence-corrected chi connectivity index (χ0v) is 28.5. The number of nitrogens with zero attached hydrogens (tertiary/aromatic N) is 2. The van der Waals surface area contributed by atoms with Crippen LogP contribution in [0.5, 0.6) is 28.7 Å². The highest BCUT2D eigenvalue weighted by Gasteiger charge is 2.56. The number of rotatable bonds is 6. The number of alkyl halides is 3. The molecular formula is C37H37F3N2O9. The molecule has 11 nitrogen and oxygen atoms in total. The number of esters is 2. The molecule has 2 bridgehead atoms. The molecule has 0 radical (unpaired) electrons. The van der Waals surface area contributed by atoms with Gasteiger partial charge in [0.2, 0.25) is 6.79 Å². The average molecular weight is 711 g/mol. The van der Waals surface area contributed by atoms with Crippen molar-refractivity contribution in [1.82, 2.24) is 9.80 Å². The molecule has 1 fully saturated rings. The van der Waals surface area contributed by atoms with Crippen molar-refractivity contribution in [2.75, 3.05) is 27.6 Å². The van der Waals surface area contributed by atoms with Crippen molar-refractivity contribution in [1.29, 1.82) is 0 Å². The summed E-state index contributed by atoms with van der Waals surface area (Å²) in [6, 6.07) is 4.17. The van der Waals surface area contributed by atoms with Gasteiger partial charge < -0.3 is 33.9 Å². The number of aromatic hydroxyl groups is 1. The van der Waals surface area contributed by atoms with Gasteiger partial charge in [-0.15, -0.1) is 0 Å². The van der Waals surface area contributed by atoms with E-state index in [0.29, 0.717) is 45.9 Å². The van der Waals surface area contributed by atoms with Gasteiger partial charge in [0.1, 0.15) is 18.6 Å². The molecule has 2 N–H and O–H groups in total. The minimum atomic E-state index is -4.55. The third kappa shape index (κ3) is 5.75. The predicted octanol–water partition coefficient (Wildman–Crippen LogP) is 5.14. The number of likely N-dealkylation sites (N-methyl/N-ethyl adjacent to an activating group) is 1. The van der Waals surface area contributed by atoms with Gasteiger partial charge in [-0.3, -0.25) is 14.6 Å². The number of ether oxygens (including phenoxy) is 5. The summed E-state index contributed by atoms with van der Waals surface area (Å²) in [4.78, 5) is 29.5. The van der Waals surface area contributed by atoms with E-state index < -0.39 is 54.1 Å². The second-order valence-electron chi connectivity index (χ2n) is 13.3. The van der Waals surface area contributed by atoms with E-state index in [1.165, 1.54) is 32.2 Å². The SMILES string of the molecule is COc1c(C)cc2c(c1O)[C@H]1C3Cc4c(OC(C)=O)c(C)c5c(c4[C@H](COC(=O)/C=C/c4cccc(C(F)(F)F)c4)N3[C@@H](O)[C@@H](C2)N1C)OCO5. The summed E-state index contributed by atoms with van der Waals surface area (Å²) in [5.74, 6) is -0.0639. The first-order chi connectivity index (χ1) is 24.2. The Bertz CT molecular complexity index is 1960.